The normalized spacial score (nSPS) is 18.1. The van der Waals surface area contributed by atoms with Crippen LogP contribution in [0.4, 0.5) is 5.69 Å². The van der Waals surface area contributed by atoms with Gasteiger partial charge in [0.05, 0.1) is 10.6 Å². The topological polar surface area (TPSA) is 54.5 Å². The number of nitrogens with zero attached hydrogens (tertiary/aromatic N) is 1. The highest BCUT2D eigenvalue weighted by Crippen LogP contribution is 2.46. The number of Topliss-reactive ketones (excluding diaryl/α,β-unsaturated/α-hetero) is 1. The molecule has 30 heavy (non-hydrogen) atoms. The number of hydrogen-bond donors (Lipinski definition) is 0. The third-order valence-corrected chi connectivity index (χ3v) is 7.34. The van der Waals surface area contributed by atoms with Gasteiger partial charge in [-0.3, -0.25) is 9.10 Å². The van der Waals surface area contributed by atoms with Gasteiger partial charge in [0.15, 0.2) is 5.78 Å². The number of carbonyl (C=O) groups excluding carboxylic acids is 1. The molecule has 3 aromatic rings. The molecule has 0 saturated heterocycles. The van der Waals surface area contributed by atoms with Gasteiger partial charge < -0.3 is 0 Å². The SMILES string of the molecule is C=C[C@@H]1c2ccc(C)cc2N(S(=O)(=O)c2ccc(C)cc2)[C@H]1C(=O)c1ccccc1. The standard InChI is InChI=1S/C25H23NO3S/c1-4-21-22-15-12-18(3)16-23(22)26(24(21)25(27)19-8-6-5-7-9-19)30(28,29)20-13-10-17(2)11-14-20/h4-16,21,24H,1H2,2-3H3/t21-,24-/m1/s1. The van der Waals surface area contributed by atoms with Crippen LogP contribution in [0.2, 0.25) is 0 Å². The van der Waals surface area contributed by atoms with Crippen molar-refractivity contribution in [3.8, 4) is 0 Å². The first-order valence-electron chi connectivity index (χ1n) is 9.78. The second kappa shape index (κ2) is 7.58. The van der Waals surface area contributed by atoms with Crippen LogP contribution in [0.1, 0.15) is 33.0 Å². The lowest BCUT2D eigenvalue weighted by molar-refractivity contribution is 0.0961. The van der Waals surface area contributed by atoms with E-state index in [0.717, 1.165) is 16.7 Å². The van der Waals surface area contributed by atoms with E-state index in [-0.39, 0.29) is 10.7 Å². The highest BCUT2D eigenvalue weighted by molar-refractivity contribution is 7.93. The van der Waals surface area contributed by atoms with E-state index in [1.54, 1.807) is 54.6 Å². The van der Waals surface area contributed by atoms with E-state index in [0.29, 0.717) is 11.3 Å². The van der Waals surface area contributed by atoms with Crippen LogP contribution in [0.5, 0.6) is 0 Å². The predicted octanol–water partition coefficient (Wildman–Crippen LogP) is 5.03. The summed E-state index contributed by atoms with van der Waals surface area (Å²) in [6, 6.07) is 20.3. The molecule has 2 atom stereocenters. The first-order chi connectivity index (χ1) is 14.3. The average molecular weight is 418 g/mol. The minimum absolute atomic E-state index is 0.163. The Morgan fingerprint density at radius 3 is 2.20 bits per heavy atom. The van der Waals surface area contributed by atoms with Gasteiger partial charge in [0.25, 0.3) is 10.0 Å². The Morgan fingerprint density at radius 2 is 1.57 bits per heavy atom. The van der Waals surface area contributed by atoms with Crippen molar-refractivity contribution in [3.05, 3.63) is 108 Å². The van der Waals surface area contributed by atoms with E-state index < -0.39 is 22.0 Å². The molecule has 1 aliphatic heterocycles. The minimum Gasteiger partial charge on any atom is -0.292 e. The number of anilines is 1. The number of rotatable bonds is 5. The molecule has 0 fully saturated rings. The number of fused-ring (bicyclic) bond motifs is 1. The highest BCUT2D eigenvalue weighted by Gasteiger charge is 2.47. The molecular formula is C25H23NO3S. The molecule has 0 aromatic heterocycles. The number of ketones is 1. The van der Waals surface area contributed by atoms with Crippen LogP contribution < -0.4 is 4.31 Å². The van der Waals surface area contributed by atoms with Crippen LogP contribution in [0, 0.1) is 13.8 Å². The van der Waals surface area contributed by atoms with E-state index in [2.05, 4.69) is 6.58 Å². The fourth-order valence-corrected chi connectivity index (χ4v) is 5.64. The van der Waals surface area contributed by atoms with Gasteiger partial charge in [0.2, 0.25) is 0 Å². The number of hydrogen-bond acceptors (Lipinski definition) is 3. The Kier molecular flexibility index (Phi) is 5.08. The molecule has 0 amide bonds. The van der Waals surface area contributed by atoms with Gasteiger partial charge in [-0.1, -0.05) is 66.2 Å². The quantitative estimate of drug-likeness (QED) is 0.432. The van der Waals surface area contributed by atoms with E-state index in [1.165, 1.54) is 4.31 Å². The summed E-state index contributed by atoms with van der Waals surface area (Å²) in [6.07, 6.45) is 1.67. The fourth-order valence-electron chi connectivity index (χ4n) is 3.99. The van der Waals surface area contributed by atoms with E-state index >= 15 is 0 Å². The molecule has 1 aliphatic rings. The van der Waals surface area contributed by atoms with Crippen molar-refractivity contribution in [2.24, 2.45) is 0 Å². The maximum absolute atomic E-state index is 13.8. The number of benzene rings is 3. The first kappa shape index (κ1) is 20.1. The molecule has 1 heterocycles. The van der Waals surface area contributed by atoms with Gasteiger partial charge in [-0.2, -0.15) is 0 Å². The monoisotopic (exact) mass is 417 g/mol. The van der Waals surface area contributed by atoms with Crippen LogP contribution in [0.25, 0.3) is 0 Å². The molecule has 0 bridgehead atoms. The van der Waals surface area contributed by atoms with Crippen molar-refractivity contribution in [2.45, 2.75) is 30.7 Å². The Balaban J connectivity index is 1.94. The molecule has 4 rings (SSSR count). The van der Waals surface area contributed by atoms with Crippen molar-refractivity contribution < 1.29 is 13.2 Å². The van der Waals surface area contributed by atoms with Crippen LogP contribution in [0.3, 0.4) is 0 Å². The van der Waals surface area contributed by atoms with Crippen LogP contribution in [-0.4, -0.2) is 20.2 Å². The first-order valence-corrected chi connectivity index (χ1v) is 11.2. The Labute approximate surface area is 177 Å². The fraction of sp³-hybridized carbons (Fsp3) is 0.160. The Morgan fingerprint density at radius 1 is 0.933 bits per heavy atom. The van der Waals surface area contributed by atoms with E-state index in [9.17, 15) is 13.2 Å². The van der Waals surface area contributed by atoms with Gasteiger partial charge in [-0.05, 0) is 43.2 Å². The molecule has 0 radical (unpaired) electrons. The molecule has 0 unspecified atom stereocenters. The smallest absolute Gasteiger partial charge is 0.265 e. The summed E-state index contributed by atoms with van der Waals surface area (Å²) in [7, 11) is -3.97. The van der Waals surface area contributed by atoms with E-state index in [4.69, 9.17) is 0 Å². The summed E-state index contributed by atoms with van der Waals surface area (Å²) in [4.78, 5) is 13.7. The zero-order valence-electron chi connectivity index (χ0n) is 16.9. The Bertz CT molecular complexity index is 1220. The summed E-state index contributed by atoms with van der Waals surface area (Å²) in [5, 5.41) is 0. The van der Waals surface area contributed by atoms with Gasteiger partial charge in [0, 0.05) is 11.5 Å². The van der Waals surface area contributed by atoms with Crippen LogP contribution in [-0.2, 0) is 10.0 Å². The maximum atomic E-state index is 13.8. The van der Waals surface area contributed by atoms with Gasteiger partial charge >= 0.3 is 0 Å². The largest absolute Gasteiger partial charge is 0.292 e. The summed E-state index contributed by atoms with van der Waals surface area (Å²) >= 11 is 0. The molecule has 0 aliphatic carbocycles. The molecule has 0 spiro atoms. The summed E-state index contributed by atoms with van der Waals surface area (Å²) < 4.78 is 28.8. The summed E-state index contributed by atoms with van der Waals surface area (Å²) in [5.41, 5.74) is 3.69. The molecule has 4 nitrogen and oxygen atoms in total. The average Bonchev–Trinajstić information content (AvgIpc) is 3.08. The third kappa shape index (κ3) is 3.25. The lowest BCUT2D eigenvalue weighted by Gasteiger charge is -2.28. The molecule has 152 valence electrons. The van der Waals surface area contributed by atoms with Crippen molar-refractivity contribution in [1.29, 1.82) is 0 Å². The molecule has 3 aromatic carbocycles. The van der Waals surface area contributed by atoms with Gasteiger partial charge in [0.1, 0.15) is 6.04 Å². The molecular weight excluding hydrogens is 394 g/mol. The lowest BCUT2D eigenvalue weighted by Crippen LogP contribution is -2.44. The van der Waals surface area contributed by atoms with Crippen molar-refractivity contribution in [2.75, 3.05) is 4.31 Å². The molecule has 0 N–H and O–H groups in total. The Hall–Kier alpha value is -3.18. The van der Waals surface area contributed by atoms with Gasteiger partial charge in [-0.15, -0.1) is 6.58 Å². The second-order valence-corrected chi connectivity index (χ2v) is 9.43. The predicted molar refractivity (Wildman–Crippen MR) is 120 cm³/mol. The minimum atomic E-state index is -3.97. The zero-order chi connectivity index (χ0) is 21.5. The maximum Gasteiger partial charge on any atom is 0.265 e. The summed E-state index contributed by atoms with van der Waals surface area (Å²) in [5.74, 6) is -0.682. The van der Waals surface area contributed by atoms with Crippen molar-refractivity contribution in [1.82, 2.24) is 0 Å². The van der Waals surface area contributed by atoms with Crippen molar-refractivity contribution in [3.63, 3.8) is 0 Å². The molecule has 5 heteroatoms. The van der Waals surface area contributed by atoms with Gasteiger partial charge in [-0.25, -0.2) is 8.42 Å². The number of carbonyl (C=O) groups is 1. The lowest BCUT2D eigenvalue weighted by atomic mass is 9.90. The van der Waals surface area contributed by atoms with Crippen LogP contribution in [0.15, 0.2) is 90.3 Å². The van der Waals surface area contributed by atoms with Crippen molar-refractivity contribution >= 4 is 21.5 Å². The second-order valence-electron chi connectivity index (χ2n) is 7.61. The van der Waals surface area contributed by atoms with E-state index in [1.807, 2.05) is 38.1 Å². The summed E-state index contributed by atoms with van der Waals surface area (Å²) in [6.45, 7) is 7.73. The number of aryl methyl sites for hydroxylation is 2. The number of sulfonamides is 1. The highest BCUT2D eigenvalue weighted by atomic mass is 32.2. The van der Waals surface area contributed by atoms with Crippen LogP contribution >= 0.6 is 0 Å². The molecule has 0 saturated carbocycles. The zero-order valence-corrected chi connectivity index (χ0v) is 17.8. The third-order valence-electron chi connectivity index (χ3n) is 5.53.